The summed E-state index contributed by atoms with van der Waals surface area (Å²) in [7, 11) is -1.52. The molecule has 0 aliphatic heterocycles. The lowest BCUT2D eigenvalue weighted by Crippen LogP contribution is -2.49. The minimum absolute atomic E-state index is 0.0724. The first-order chi connectivity index (χ1) is 8.22. The van der Waals surface area contributed by atoms with Crippen LogP contribution in [0.5, 0.6) is 0 Å². The van der Waals surface area contributed by atoms with Crippen molar-refractivity contribution in [3.05, 3.63) is 0 Å². The molecule has 0 rings (SSSR count). The smallest absolute Gasteiger partial charge is 0.239 e. The van der Waals surface area contributed by atoms with E-state index in [-0.39, 0.29) is 24.1 Å². The van der Waals surface area contributed by atoms with Crippen molar-refractivity contribution in [1.29, 1.82) is 0 Å². The van der Waals surface area contributed by atoms with Crippen molar-refractivity contribution in [3.8, 4) is 0 Å². The molecule has 6 nitrogen and oxygen atoms in total. The van der Waals surface area contributed by atoms with Gasteiger partial charge in [-0.1, -0.05) is 0 Å². The Morgan fingerprint density at radius 3 is 2.39 bits per heavy atom. The molecule has 2 unspecified atom stereocenters. The van der Waals surface area contributed by atoms with E-state index in [9.17, 15) is 13.2 Å². The molecule has 0 spiro atoms. The molecule has 0 saturated heterocycles. The molecule has 0 aromatic rings. The van der Waals surface area contributed by atoms with Gasteiger partial charge in [0.2, 0.25) is 5.91 Å². The van der Waals surface area contributed by atoms with Crippen LogP contribution >= 0.6 is 0 Å². The zero-order chi connectivity index (χ0) is 14.3. The van der Waals surface area contributed by atoms with Crippen molar-refractivity contribution in [2.45, 2.75) is 32.4 Å². The van der Waals surface area contributed by atoms with E-state index in [1.807, 2.05) is 13.8 Å². The number of rotatable bonds is 8. The van der Waals surface area contributed by atoms with E-state index in [1.165, 1.54) is 0 Å². The Balaban J connectivity index is 4.49. The molecular formula is C11H24N2O4S. The van der Waals surface area contributed by atoms with Gasteiger partial charge in [0.1, 0.15) is 9.84 Å². The first-order valence-corrected chi connectivity index (χ1v) is 8.01. The van der Waals surface area contributed by atoms with Gasteiger partial charge in [0, 0.05) is 19.9 Å². The maximum atomic E-state index is 12.1. The quantitative estimate of drug-likeness (QED) is 0.655. The molecule has 108 valence electrons. The first-order valence-electron chi connectivity index (χ1n) is 5.95. The zero-order valence-corrected chi connectivity index (χ0v) is 12.4. The van der Waals surface area contributed by atoms with Gasteiger partial charge < -0.3 is 15.4 Å². The number of hydrogen-bond acceptors (Lipinski definition) is 5. The summed E-state index contributed by atoms with van der Waals surface area (Å²) in [5.74, 6) is -0.304. The topological polar surface area (TPSA) is 89.7 Å². The van der Waals surface area contributed by atoms with E-state index in [0.717, 1.165) is 6.26 Å². The van der Waals surface area contributed by atoms with Gasteiger partial charge in [0.25, 0.3) is 0 Å². The minimum Gasteiger partial charge on any atom is -0.383 e. The van der Waals surface area contributed by atoms with Gasteiger partial charge in [-0.15, -0.1) is 0 Å². The third kappa shape index (κ3) is 6.32. The third-order valence-electron chi connectivity index (χ3n) is 2.68. The standard InChI is InChI=1S/C11H24N2O4S/c1-5-13(9(2)8-17-3)11(14)10(12)6-7-18(4,15)16/h9-10H,5-8,12H2,1-4H3. The largest absolute Gasteiger partial charge is 0.383 e. The number of carbonyl (C=O) groups excluding carboxylic acids is 1. The lowest BCUT2D eigenvalue weighted by Gasteiger charge is -2.29. The summed E-state index contributed by atoms with van der Waals surface area (Å²) in [5, 5.41) is 0. The summed E-state index contributed by atoms with van der Waals surface area (Å²) < 4.78 is 27.1. The first kappa shape index (κ1) is 17.3. The molecule has 7 heteroatoms. The highest BCUT2D eigenvalue weighted by molar-refractivity contribution is 7.90. The molecule has 0 radical (unpaired) electrons. The SMILES string of the molecule is CCN(C(=O)C(N)CCS(C)(=O)=O)C(C)COC. The highest BCUT2D eigenvalue weighted by atomic mass is 32.2. The van der Waals surface area contributed by atoms with Crippen molar-refractivity contribution in [2.75, 3.05) is 32.3 Å². The molecule has 2 N–H and O–H groups in total. The second-order valence-corrected chi connectivity index (χ2v) is 6.71. The van der Waals surface area contributed by atoms with Crippen LogP contribution in [0.4, 0.5) is 0 Å². The van der Waals surface area contributed by atoms with Crippen molar-refractivity contribution >= 4 is 15.7 Å². The van der Waals surface area contributed by atoms with Crippen LogP contribution in [0.3, 0.4) is 0 Å². The van der Waals surface area contributed by atoms with Gasteiger partial charge >= 0.3 is 0 Å². The molecule has 0 aromatic heterocycles. The molecule has 0 heterocycles. The van der Waals surface area contributed by atoms with E-state index in [0.29, 0.717) is 13.2 Å². The number of likely N-dealkylation sites (N-methyl/N-ethyl adjacent to an activating group) is 1. The summed E-state index contributed by atoms with van der Waals surface area (Å²) in [5.41, 5.74) is 5.74. The second-order valence-electron chi connectivity index (χ2n) is 4.45. The van der Waals surface area contributed by atoms with Gasteiger partial charge in [-0.2, -0.15) is 0 Å². The lowest BCUT2D eigenvalue weighted by atomic mass is 10.2. The number of amides is 1. The van der Waals surface area contributed by atoms with Gasteiger partial charge in [-0.05, 0) is 20.3 Å². The maximum Gasteiger partial charge on any atom is 0.239 e. The molecule has 18 heavy (non-hydrogen) atoms. The molecule has 0 fully saturated rings. The van der Waals surface area contributed by atoms with E-state index >= 15 is 0 Å². The van der Waals surface area contributed by atoms with Gasteiger partial charge in [-0.3, -0.25) is 4.79 Å². The Labute approximate surface area is 109 Å². The Hall–Kier alpha value is -0.660. The predicted octanol–water partition coefficient (Wildman–Crippen LogP) is -0.368. The monoisotopic (exact) mass is 280 g/mol. The van der Waals surface area contributed by atoms with E-state index < -0.39 is 15.9 Å². The van der Waals surface area contributed by atoms with Crippen LogP contribution in [0.1, 0.15) is 20.3 Å². The summed E-state index contributed by atoms with van der Waals surface area (Å²) in [4.78, 5) is 13.7. The Kier molecular flexibility index (Phi) is 7.42. The van der Waals surface area contributed by atoms with Crippen LogP contribution in [-0.4, -0.2) is 63.6 Å². The highest BCUT2D eigenvalue weighted by Gasteiger charge is 2.24. The Bertz CT molecular complexity index is 356. The van der Waals surface area contributed by atoms with Crippen LogP contribution in [0, 0.1) is 0 Å². The molecule has 0 saturated carbocycles. The van der Waals surface area contributed by atoms with Gasteiger partial charge in [0.05, 0.1) is 24.4 Å². The third-order valence-corrected chi connectivity index (χ3v) is 3.66. The van der Waals surface area contributed by atoms with Crippen LogP contribution in [-0.2, 0) is 19.4 Å². The average molecular weight is 280 g/mol. The Morgan fingerprint density at radius 1 is 1.44 bits per heavy atom. The molecule has 0 aliphatic rings. The van der Waals surface area contributed by atoms with Gasteiger partial charge in [0.15, 0.2) is 0 Å². The van der Waals surface area contributed by atoms with Crippen LogP contribution < -0.4 is 5.73 Å². The molecule has 2 atom stereocenters. The summed E-state index contributed by atoms with van der Waals surface area (Å²) in [6, 6.07) is -0.851. The van der Waals surface area contributed by atoms with Crippen molar-refractivity contribution in [1.82, 2.24) is 4.90 Å². The summed E-state index contributed by atoms with van der Waals surface area (Å²) in [6.45, 7) is 4.68. The zero-order valence-electron chi connectivity index (χ0n) is 11.5. The maximum absolute atomic E-state index is 12.1. The molecule has 0 aromatic carbocycles. The fourth-order valence-electron chi connectivity index (χ4n) is 1.69. The van der Waals surface area contributed by atoms with Crippen molar-refractivity contribution in [2.24, 2.45) is 5.73 Å². The minimum atomic E-state index is -3.09. The van der Waals surface area contributed by atoms with E-state index in [1.54, 1.807) is 12.0 Å². The fraction of sp³-hybridized carbons (Fsp3) is 0.909. The number of sulfone groups is 1. The molecule has 0 bridgehead atoms. The molecule has 1 amide bonds. The molecular weight excluding hydrogens is 256 g/mol. The number of methoxy groups -OCH3 is 1. The van der Waals surface area contributed by atoms with Gasteiger partial charge in [-0.25, -0.2) is 8.42 Å². The molecule has 0 aliphatic carbocycles. The van der Waals surface area contributed by atoms with E-state index in [4.69, 9.17) is 10.5 Å². The number of hydrogen-bond donors (Lipinski definition) is 1. The Morgan fingerprint density at radius 2 is 2.00 bits per heavy atom. The number of carbonyl (C=O) groups is 1. The summed E-state index contributed by atoms with van der Waals surface area (Å²) in [6.07, 6.45) is 1.28. The average Bonchev–Trinajstić information content (AvgIpc) is 2.26. The highest BCUT2D eigenvalue weighted by Crippen LogP contribution is 2.05. The summed E-state index contributed by atoms with van der Waals surface area (Å²) >= 11 is 0. The number of nitrogens with two attached hydrogens (primary N) is 1. The lowest BCUT2D eigenvalue weighted by molar-refractivity contribution is -0.135. The fourth-order valence-corrected chi connectivity index (χ4v) is 2.38. The number of ether oxygens (including phenoxy) is 1. The second kappa shape index (κ2) is 7.70. The van der Waals surface area contributed by atoms with Crippen molar-refractivity contribution < 1.29 is 17.9 Å². The van der Waals surface area contributed by atoms with Crippen LogP contribution in [0.2, 0.25) is 0 Å². The normalized spacial score (nSPS) is 15.2. The van der Waals surface area contributed by atoms with Crippen LogP contribution in [0.15, 0.2) is 0 Å². The van der Waals surface area contributed by atoms with Crippen molar-refractivity contribution in [3.63, 3.8) is 0 Å². The van der Waals surface area contributed by atoms with Crippen LogP contribution in [0.25, 0.3) is 0 Å². The predicted molar refractivity (Wildman–Crippen MR) is 71.0 cm³/mol. The number of nitrogens with zero attached hydrogens (tertiary/aromatic N) is 1. The van der Waals surface area contributed by atoms with E-state index in [2.05, 4.69) is 0 Å².